The standard InChI is InChI=1S/C20H13Cl3N2OS/c21-13-2-4-16(22)15(9-13)17-5-3-14(26-17)11-25-20-8-1-12(10-24-20)18-6-7-19(23)27-18/h1-10H,11H2,(H,24,25). The topological polar surface area (TPSA) is 38.1 Å². The van der Waals surface area contributed by atoms with Gasteiger partial charge in [-0.2, -0.15) is 0 Å². The summed E-state index contributed by atoms with van der Waals surface area (Å²) >= 11 is 19.8. The number of halogens is 3. The van der Waals surface area contributed by atoms with Crippen LogP contribution < -0.4 is 5.32 Å². The van der Waals surface area contributed by atoms with E-state index in [2.05, 4.69) is 10.3 Å². The Morgan fingerprint density at radius 2 is 1.85 bits per heavy atom. The van der Waals surface area contributed by atoms with Crippen LogP contribution in [0.1, 0.15) is 5.76 Å². The molecule has 0 aliphatic rings. The van der Waals surface area contributed by atoms with Gasteiger partial charge in [-0.3, -0.25) is 0 Å². The molecule has 0 atom stereocenters. The van der Waals surface area contributed by atoms with Crippen molar-refractivity contribution in [2.75, 3.05) is 5.32 Å². The summed E-state index contributed by atoms with van der Waals surface area (Å²) in [6, 6.07) is 16.9. The summed E-state index contributed by atoms with van der Waals surface area (Å²) in [5, 5.41) is 4.46. The first kappa shape index (κ1) is 18.4. The summed E-state index contributed by atoms with van der Waals surface area (Å²) in [6.07, 6.45) is 1.82. The second-order valence-corrected chi connectivity index (χ2v) is 8.34. The molecule has 0 saturated carbocycles. The molecule has 0 unspecified atom stereocenters. The molecule has 0 bridgehead atoms. The predicted molar refractivity (Wildman–Crippen MR) is 114 cm³/mol. The van der Waals surface area contributed by atoms with Crippen molar-refractivity contribution in [3.63, 3.8) is 0 Å². The number of furan rings is 1. The Labute approximate surface area is 175 Å². The molecule has 136 valence electrons. The second kappa shape index (κ2) is 7.95. The van der Waals surface area contributed by atoms with Gasteiger partial charge in [-0.15, -0.1) is 11.3 Å². The average Bonchev–Trinajstić information content (AvgIpc) is 3.32. The molecule has 7 heteroatoms. The fourth-order valence-electron chi connectivity index (χ4n) is 2.60. The number of pyridine rings is 1. The number of hydrogen-bond donors (Lipinski definition) is 1. The summed E-state index contributed by atoms with van der Waals surface area (Å²) in [5.74, 6) is 2.22. The molecule has 0 spiro atoms. The van der Waals surface area contributed by atoms with Gasteiger partial charge in [0.25, 0.3) is 0 Å². The van der Waals surface area contributed by atoms with Crippen LogP contribution in [0.15, 0.2) is 65.2 Å². The van der Waals surface area contributed by atoms with E-state index in [-0.39, 0.29) is 0 Å². The van der Waals surface area contributed by atoms with Gasteiger partial charge in [-0.25, -0.2) is 4.98 Å². The first-order chi connectivity index (χ1) is 13.1. The van der Waals surface area contributed by atoms with Gasteiger partial charge >= 0.3 is 0 Å². The quantitative estimate of drug-likeness (QED) is 0.350. The Morgan fingerprint density at radius 3 is 2.59 bits per heavy atom. The molecule has 3 aromatic heterocycles. The van der Waals surface area contributed by atoms with Gasteiger partial charge in [0.15, 0.2) is 0 Å². The van der Waals surface area contributed by atoms with E-state index in [9.17, 15) is 0 Å². The Hall–Kier alpha value is -1.98. The van der Waals surface area contributed by atoms with E-state index in [0.29, 0.717) is 22.4 Å². The zero-order chi connectivity index (χ0) is 18.8. The fourth-order valence-corrected chi connectivity index (χ4v) is 4.01. The molecule has 0 saturated heterocycles. The maximum Gasteiger partial charge on any atom is 0.135 e. The van der Waals surface area contributed by atoms with Crippen LogP contribution >= 0.6 is 46.1 Å². The summed E-state index contributed by atoms with van der Waals surface area (Å²) in [7, 11) is 0. The lowest BCUT2D eigenvalue weighted by atomic mass is 10.2. The molecule has 3 nitrogen and oxygen atoms in total. The van der Waals surface area contributed by atoms with Crippen molar-refractivity contribution in [3.8, 4) is 21.8 Å². The molecule has 0 aliphatic carbocycles. The minimum Gasteiger partial charge on any atom is -0.459 e. The van der Waals surface area contributed by atoms with Crippen LogP contribution in [0.2, 0.25) is 14.4 Å². The Bertz CT molecular complexity index is 1070. The van der Waals surface area contributed by atoms with E-state index in [1.165, 1.54) is 11.3 Å². The van der Waals surface area contributed by atoms with E-state index >= 15 is 0 Å². The Balaban J connectivity index is 1.43. The number of benzene rings is 1. The van der Waals surface area contributed by atoms with E-state index in [0.717, 1.165) is 31.9 Å². The molecule has 27 heavy (non-hydrogen) atoms. The highest BCUT2D eigenvalue weighted by molar-refractivity contribution is 7.19. The lowest BCUT2D eigenvalue weighted by molar-refractivity contribution is 0.531. The molecule has 4 rings (SSSR count). The van der Waals surface area contributed by atoms with Crippen molar-refractivity contribution in [2.45, 2.75) is 6.54 Å². The van der Waals surface area contributed by atoms with Gasteiger partial charge in [0.1, 0.15) is 17.3 Å². The number of thiophene rings is 1. The normalized spacial score (nSPS) is 10.9. The monoisotopic (exact) mass is 434 g/mol. The van der Waals surface area contributed by atoms with Gasteiger partial charge in [-0.1, -0.05) is 34.8 Å². The molecule has 1 N–H and O–H groups in total. The number of nitrogens with zero attached hydrogens (tertiary/aromatic N) is 1. The number of rotatable bonds is 5. The zero-order valence-electron chi connectivity index (χ0n) is 13.9. The first-order valence-electron chi connectivity index (χ1n) is 8.08. The number of hydrogen-bond acceptors (Lipinski definition) is 4. The molecule has 0 amide bonds. The van der Waals surface area contributed by atoms with Crippen molar-refractivity contribution in [2.24, 2.45) is 0 Å². The van der Waals surface area contributed by atoms with Crippen LogP contribution in [0.5, 0.6) is 0 Å². The lowest BCUT2D eigenvalue weighted by Gasteiger charge is -2.05. The van der Waals surface area contributed by atoms with Gasteiger partial charge in [-0.05, 0) is 54.6 Å². The summed E-state index contributed by atoms with van der Waals surface area (Å²) < 4.78 is 6.64. The second-order valence-electron chi connectivity index (χ2n) is 5.78. The van der Waals surface area contributed by atoms with Crippen molar-refractivity contribution in [1.82, 2.24) is 4.98 Å². The minimum atomic E-state index is 0.509. The molecule has 3 heterocycles. The van der Waals surface area contributed by atoms with E-state index in [1.807, 2.05) is 42.6 Å². The molecule has 0 aliphatic heterocycles. The van der Waals surface area contributed by atoms with Crippen LogP contribution in [0, 0.1) is 0 Å². The van der Waals surface area contributed by atoms with Crippen molar-refractivity contribution in [1.29, 1.82) is 0 Å². The number of anilines is 1. The van der Waals surface area contributed by atoms with Gasteiger partial charge in [0.2, 0.25) is 0 Å². The molecular formula is C20H13Cl3N2OS. The Kier molecular flexibility index (Phi) is 5.41. The third kappa shape index (κ3) is 4.30. The highest BCUT2D eigenvalue weighted by atomic mass is 35.5. The SMILES string of the molecule is Clc1ccc(Cl)c(-c2ccc(CNc3ccc(-c4ccc(Cl)s4)cn3)o2)c1. The highest BCUT2D eigenvalue weighted by Crippen LogP contribution is 2.32. The zero-order valence-corrected chi connectivity index (χ0v) is 17.0. The third-order valence-electron chi connectivity index (χ3n) is 3.92. The number of aromatic nitrogens is 1. The van der Waals surface area contributed by atoms with E-state index in [1.54, 1.807) is 18.2 Å². The first-order valence-corrected chi connectivity index (χ1v) is 10.0. The Morgan fingerprint density at radius 1 is 0.963 bits per heavy atom. The van der Waals surface area contributed by atoms with E-state index < -0.39 is 0 Å². The van der Waals surface area contributed by atoms with Crippen molar-refractivity contribution >= 4 is 52.0 Å². The summed E-state index contributed by atoms with van der Waals surface area (Å²) in [5.41, 5.74) is 1.81. The summed E-state index contributed by atoms with van der Waals surface area (Å²) in [6.45, 7) is 0.509. The largest absolute Gasteiger partial charge is 0.459 e. The average molecular weight is 436 g/mol. The molecular weight excluding hydrogens is 423 g/mol. The van der Waals surface area contributed by atoms with Gasteiger partial charge in [0, 0.05) is 27.2 Å². The lowest BCUT2D eigenvalue weighted by Crippen LogP contribution is -1.99. The van der Waals surface area contributed by atoms with Gasteiger partial charge in [0.05, 0.1) is 15.9 Å². The smallest absolute Gasteiger partial charge is 0.135 e. The van der Waals surface area contributed by atoms with Crippen LogP contribution in [-0.4, -0.2) is 4.98 Å². The fraction of sp³-hybridized carbons (Fsp3) is 0.0500. The molecule has 4 aromatic rings. The number of nitrogens with one attached hydrogen (secondary N) is 1. The minimum absolute atomic E-state index is 0.509. The van der Waals surface area contributed by atoms with Crippen LogP contribution in [-0.2, 0) is 6.54 Å². The molecule has 0 fully saturated rings. The van der Waals surface area contributed by atoms with Crippen molar-refractivity contribution < 1.29 is 4.42 Å². The third-order valence-corrected chi connectivity index (χ3v) is 5.77. The molecule has 0 radical (unpaired) electrons. The maximum absolute atomic E-state index is 6.23. The van der Waals surface area contributed by atoms with Crippen LogP contribution in [0.3, 0.4) is 0 Å². The van der Waals surface area contributed by atoms with Crippen molar-refractivity contribution in [3.05, 3.63) is 80.9 Å². The van der Waals surface area contributed by atoms with Crippen LogP contribution in [0.4, 0.5) is 5.82 Å². The highest BCUT2D eigenvalue weighted by Gasteiger charge is 2.10. The molecule has 1 aromatic carbocycles. The summed E-state index contributed by atoms with van der Waals surface area (Å²) in [4.78, 5) is 5.53. The van der Waals surface area contributed by atoms with Gasteiger partial charge < -0.3 is 9.73 Å². The van der Waals surface area contributed by atoms with Crippen LogP contribution in [0.25, 0.3) is 21.8 Å². The predicted octanol–water partition coefficient (Wildman–Crippen LogP) is 7.64. The van der Waals surface area contributed by atoms with E-state index in [4.69, 9.17) is 39.2 Å². The maximum atomic E-state index is 6.23.